The van der Waals surface area contributed by atoms with E-state index in [0.29, 0.717) is 25.9 Å². The summed E-state index contributed by atoms with van der Waals surface area (Å²) in [6.07, 6.45) is 1.23. The van der Waals surface area contributed by atoms with E-state index in [2.05, 4.69) is 5.32 Å². The number of sulfonamides is 1. The van der Waals surface area contributed by atoms with E-state index in [1.165, 1.54) is 16.4 Å². The second-order valence-corrected chi connectivity index (χ2v) is 8.66. The lowest BCUT2D eigenvalue weighted by molar-refractivity contribution is -0.126. The third-order valence-corrected chi connectivity index (χ3v) is 6.71. The third kappa shape index (κ3) is 4.69. The van der Waals surface area contributed by atoms with Crippen LogP contribution in [0.15, 0.2) is 53.4 Å². The second kappa shape index (κ2) is 8.70. The molecule has 0 spiro atoms. The maximum absolute atomic E-state index is 13.1. The number of halogens is 1. The zero-order chi connectivity index (χ0) is 20.1. The number of rotatable bonds is 6. The first-order valence-corrected chi connectivity index (χ1v) is 10.5. The van der Waals surface area contributed by atoms with E-state index in [1.807, 2.05) is 24.3 Å². The molecular weight excluding hydrogens is 383 g/mol. The van der Waals surface area contributed by atoms with Crippen LogP contribution in [0.3, 0.4) is 0 Å². The molecule has 1 amide bonds. The van der Waals surface area contributed by atoms with Gasteiger partial charge in [0.1, 0.15) is 11.6 Å². The van der Waals surface area contributed by atoms with Crippen molar-refractivity contribution in [3.8, 4) is 5.75 Å². The van der Waals surface area contributed by atoms with Crippen LogP contribution in [0.25, 0.3) is 0 Å². The number of amides is 1. The molecule has 0 saturated carbocycles. The van der Waals surface area contributed by atoms with Gasteiger partial charge in [-0.05, 0) is 54.8 Å². The van der Waals surface area contributed by atoms with Crippen molar-refractivity contribution in [2.75, 3.05) is 20.2 Å². The lowest BCUT2D eigenvalue weighted by Gasteiger charge is -2.31. The van der Waals surface area contributed by atoms with Gasteiger partial charge in [0.15, 0.2) is 0 Å². The molecule has 3 rings (SSSR count). The number of carbonyl (C=O) groups is 1. The van der Waals surface area contributed by atoms with Gasteiger partial charge in [-0.3, -0.25) is 4.79 Å². The zero-order valence-corrected chi connectivity index (χ0v) is 16.4. The molecule has 1 fully saturated rings. The van der Waals surface area contributed by atoms with Crippen molar-refractivity contribution in [3.63, 3.8) is 0 Å². The van der Waals surface area contributed by atoms with E-state index in [-0.39, 0.29) is 17.3 Å². The number of methoxy groups -OCH3 is 1. The van der Waals surface area contributed by atoms with Gasteiger partial charge in [-0.15, -0.1) is 0 Å². The van der Waals surface area contributed by atoms with Crippen LogP contribution in [0.2, 0.25) is 0 Å². The van der Waals surface area contributed by atoms with Gasteiger partial charge < -0.3 is 10.1 Å². The Kier molecular flexibility index (Phi) is 6.31. The van der Waals surface area contributed by atoms with Crippen LogP contribution in [0.4, 0.5) is 4.39 Å². The van der Waals surface area contributed by atoms with Gasteiger partial charge >= 0.3 is 0 Å². The van der Waals surface area contributed by atoms with Crippen LogP contribution in [0.1, 0.15) is 18.4 Å². The molecule has 1 N–H and O–H groups in total. The Balaban J connectivity index is 1.61. The summed E-state index contributed by atoms with van der Waals surface area (Å²) in [7, 11) is -2.16. The van der Waals surface area contributed by atoms with Gasteiger partial charge in [-0.2, -0.15) is 4.31 Å². The van der Waals surface area contributed by atoms with Crippen LogP contribution in [0, 0.1) is 11.7 Å². The fraction of sp³-hybridized carbons (Fsp3) is 0.350. The van der Waals surface area contributed by atoms with Crippen LogP contribution in [0.5, 0.6) is 5.75 Å². The molecule has 2 aromatic rings. The predicted molar refractivity (Wildman–Crippen MR) is 103 cm³/mol. The minimum absolute atomic E-state index is 0.0354. The molecule has 1 aliphatic heterocycles. The third-order valence-electron chi connectivity index (χ3n) is 4.83. The molecule has 1 saturated heterocycles. The Hall–Kier alpha value is -2.45. The number of nitrogens with one attached hydrogen (secondary N) is 1. The van der Waals surface area contributed by atoms with Gasteiger partial charge in [0.25, 0.3) is 0 Å². The maximum atomic E-state index is 13.1. The average molecular weight is 406 g/mol. The largest absolute Gasteiger partial charge is 0.497 e. The summed E-state index contributed by atoms with van der Waals surface area (Å²) in [5.74, 6) is -0.338. The fourth-order valence-corrected chi connectivity index (χ4v) is 4.73. The van der Waals surface area contributed by atoms with Crippen LogP contribution in [-0.2, 0) is 21.4 Å². The Morgan fingerprint density at radius 2 is 1.86 bits per heavy atom. The molecule has 0 aromatic heterocycles. The number of hydrogen-bond donors (Lipinski definition) is 1. The van der Waals surface area contributed by atoms with Crippen LogP contribution >= 0.6 is 0 Å². The summed E-state index contributed by atoms with van der Waals surface area (Å²) in [4.78, 5) is 12.6. The molecule has 150 valence electrons. The number of nitrogens with zero attached hydrogens (tertiary/aromatic N) is 1. The van der Waals surface area contributed by atoms with Crippen molar-refractivity contribution >= 4 is 15.9 Å². The Labute approximate surface area is 164 Å². The minimum atomic E-state index is -3.75. The molecule has 0 bridgehead atoms. The smallest absolute Gasteiger partial charge is 0.243 e. The number of benzene rings is 2. The molecule has 0 radical (unpaired) electrons. The highest BCUT2D eigenvalue weighted by molar-refractivity contribution is 7.89. The molecule has 1 heterocycles. The molecule has 0 unspecified atom stereocenters. The highest BCUT2D eigenvalue weighted by atomic mass is 32.2. The summed E-state index contributed by atoms with van der Waals surface area (Å²) in [5.41, 5.74) is 0.931. The standard InChI is InChI=1S/C20H23FN2O4S/c1-27-18-8-4-15(5-9-18)13-22-20(24)16-3-2-12-23(14-16)28(25,26)19-10-6-17(21)7-11-19/h4-11,16H,2-3,12-14H2,1H3,(H,22,24)/t16-/m1/s1. The summed E-state index contributed by atoms with van der Waals surface area (Å²) in [6, 6.07) is 12.1. The normalized spacial score (nSPS) is 17.9. The molecule has 0 aliphatic carbocycles. The first-order valence-electron chi connectivity index (χ1n) is 9.06. The van der Waals surface area contributed by atoms with Crippen molar-refractivity contribution < 1.29 is 22.3 Å². The summed E-state index contributed by atoms with van der Waals surface area (Å²) >= 11 is 0. The van der Waals surface area contributed by atoms with Crippen molar-refractivity contribution in [1.82, 2.24) is 9.62 Å². The van der Waals surface area contributed by atoms with E-state index in [1.54, 1.807) is 7.11 Å². The number of hydrogen-bond acceptors (Lipinski definition) is 4. The Bertz CT molecular complexity index is 914. The highest BCUT2D eigenvalue weighted by Crippen LogP contribution is 2.24. The van der Waals surface area contributed by atoms with Crippen LogP contribution in [-0.4, -0.2) is 38.8 Å². The van der Waals surface area contributed by atoms with E-state index in [0.717, 1.165) is 23.4 Å². The average Bonchev–Trinajstić information content (AvgIpc) is 2.72. The molecular formula is C20H23FN2O4S. The van der Waals surface area contributed by atoms with Crippen molar-refractivity contribution in [3.05, 3.63) is 59.9 Å². The quantitative estimate of drug-likeness (QED) is 0.800. The first-order chi connectivity index (χ1) is 13.4. The SMILES string of the molecule is COc1ccc(CNC(=O)[C@@H]2CCCN(S(=O)(=O)c3ccc(F)cc3)C2)cc1. The Morgan fingerprint density at radius 3 is 2.50 bits per heavy atom. The zero-order valence-electron chi connectivity index (χ0n) is 15.6. The minimum Gasteiger partial charge on any atom is -0.497 e. The van der Waals surface area contributed by atoms with Gasteiger partial charge in [-0.25, -0.2) is 12.8 Å². The van der Waals surface area contributed by atoms with Crippen molar-refractivity contribution in [2.24, 2.45) is 5.92 Å². The molecule has 8 heteroatoms. The van der Waals surface area contributed by atoms with E-state index < -0.39 is 21.8 Å². The van der Waals surface area contributed by atoms with Gasteiger partial charge in [0, 0.05) is 19.6 Å². The fourth-order valence-electron chi connectivity index (χ4n) is 3.21. The van der Waals surface area contributed by atoms with Gasteiger partial charge in [-0.1, -0.05) is 12.1 Å². The summed E-state index contributed by atoms with van der Waals surface area (Å²) < 4.78 is 45.0. The molecule has 1 aliphatic rings. The maximum Gasteiger partial charge on any atom is 0.243 e. The highest BCUT2D eigenvalue weighted by Gasteiger charge is 2.33. The van der Waals surface area contributed by atoms with E-state index in [4.69, 9.17) is 4.74 Å². The summed E-state index contributed by atoms with van der Waals surface area (Å²) in [5, 5.41) is 2.87. The number of ether oxygens (including phenoxy) is 1. The molecule has 2 aromatic carbocycles. The Morgan fingerprint density at radius 1 is 1.18 bits per heavy atom. The topological polar surface area (TPSA) is 75.7 Å². The number of carbonyl (C=O) groups excluding carboxylic acids is 1. The van der Waals surface area contributed by atoms with Gasteiger partial charge in [0.2, 0.25) is 15.9 Å². The van der Waals surface area contributed by atoms with E-state index >= 15 is 0 Å². The van der Waals surface area contributed by atoms with Crippen molar-refractivity contribution in [2.45, 2.75) is 24.3 Å². The predicted octanol–water partition coefficient (Wildman–Crippen LogP) is 2.55. The molecule has 6 nitrogen and oxygen atoms in total. The summed E-state index contributed by atoms with van der Waals surface area (Å²) in [6.45, 7) is 0.833. The van der Waals surface area contributed by atoms with Gasteiger partial charge in [0.05, 0.1) is 17.9 Å². The van der Waals surface area contributed by atoms with Crippen LogP contribution < -0.4 is 10.1 Å². The van der Waals surface area contributed by atoms with Crippen molar-refractivity contribution in [1.29, 1.82) is 0 Å². The second-order valence-electron chi connectivity index (χ2n) is 6.72. The lowest BCUT2D eigenvalue weighted by atomic mass is 9.99. The monoisotopic (exact) mass is 406 g/mol. The number of piperidine rings is 1. The molecule has 1 atom stereocenters. The first kappa shape index (κ1) is 20.3. The van der Waals surface area contributed by atoms with E-state index in [9.17, 15) is 17.6 Å². The molecule has 28 heavy (non-hydrogen) atoms. The lowest BCUT2D eigenvalue weighted by Crippen LogP contribution is -2.45.